The number of nitrogens with zero attached hydrogens (tertiary/aromatic N) is 3. The summed E-state index contributed by atoms with van der Waals surface area (Å²) in [5.74, 6) is 0. The second kappa shape index (κ2) is 2.34. The number of rotatable bonds is 1. The first-order valence-electron chi connectivity index (χ1n) is 3.67. The number of aryl methyl sites for hydroxylation is 1. The molecule has 0 atom stereocenters. The standard InChI is InChI=1S/C8H9N3/c1-2-11-6-7-3-4-9-5-8(7)10-11/h3-6H,2H2,1H3. The molecule has 2 aromatic heterocycles. The molecule has 0 amide bonds. The number of pyridine rings is 1. The Hall–Kier alpha value is -1.38. The third-order valence-corrected chi connectivity index (χ3v) is 1.68. The maximum Gasteiger partial charge on any atom is 0.111 e. The van der Waals surface area contributed by atoms with Crippen LogP contribution in [0.5, 0.6) is 0 Å². The zero-order valence-corrected chi connectivity index (χ0v) is 6.36. The highest BCUT2D eigenvalue weighted by Crippen LogP contribution is 2.08. The van der Waals surface area contributed by atoms with Crippen molar-refractivity contribution in [3.05, 3.63) is 24.7 Å². The van der Waals surface area contributed by atoms with Crippen molar-refractivity contribution in [1.29, 1.82) is 0 Å². The highest BCUT2D eigenvalue weighted by atomic mass is 15.3. The number of aromatic nitrogens is 3. The maximum absolute atomic E-state index is 4.29. The summed E-state index contributed by atoms with van der Waals surface area (Å²) in [6, 6.07) is 1.97. The van der Waals surface area contributed by atoms with Crippen molar-refractivity contribution >= 4 is 10.9 Å². The molecule has 0 aliphatic heterocycles. The molecular formula is C8H9N3. The van der Waals surface area contributed by atoms with E-state index in [1.165, 1.54) is 0 Å². The molecule has 0 aromatic carbocycles. The van der Waals surface area contributed by atoms with Crippen molar-refractivity contribution in [1.82, 2.24) is 14.8 Å². The van der Waals surface area contributed by atoms with Gasteiger partial charge in [-0.1, -0.05) is 0 Å². The van der Waals surface area contributed by atoms with Gasteiger partial charge in [-0.2, -0.15) is 5.10 Å². The van der Waals surface area contributed by atoms with E-state index in [1.807, 2.05) is 16.9 Å². The lowest BCUT2D eigenvalue weighted by Gasteiger charge is -1.88. The van der Waals surface area contributed by atoms with Crippen molar-refractivity contribution in [2.75, 3.05) is 0 Å². The van der Waals surface area contributed by atoms with E-state index in [9.17, 15) is 0 Å². The van der Waals surface area contributed by atoms with Crippen LogP contribution in [0, 0.1) is 0 Å². The van der Waals surface area contributed by atoms with Gasteiger partial charge < -0.3 is 0 Å². The van der Waals surface area contributed by atoms with Crippen LogP contribution in [0.4, 0.5) is 0 Å². The lowest BCUT2D eigenvalue weighted by atomic mass is 10.3. The first-order chi connectivity index (χ1) is 5.40. The summed E-state index contributed by atoms with van der Waals surface area (Å²) in [6.45, 7) is 2.98. The number of hydrogen-bond donors (Lipinski definition) is 0. The lowest BCUT2D eigenvalue weighted by Crippen LogP contribution is -1.92. The van der Waals surface area contributed by atoms with Gasteiger partial charge in [0.05, 0.1) is 6.20 Å². The summed E-state index contributed by atoms with van der Waals surface area (Å²) in [5, 5.41) is 5.44. The maximum atomic E-state index is 4.29. The summed E-state index contributed by atoms with van der Waals surface area (Å²) >= 11 is 0. The quantitative estimate of drug-likeness (QED) is 0.611. The van der Waals surface area contributed by atoms with Crippen molar-refractivity contribution in [3.63, 3.8) is 0 Å². The van der Waals surface area contributed by atoms with Gasteiger partial charge in [-0.25, -0.2) is 0 Å². The lowest BCUT2D eigenvalue weighted by molar-refractivity contribution is 0.667. The summed E-state index contributed by atoms with van der Waals surface area (Å²) < 4.78 is 1.91. The fourth-order valence-corrected chi connectivity index (χ4v) is 1.08. The highest BCUT2D eigenvalue weighted by molar-refractivity contribution is 5.76. The molecule has 3 nitrogen and oxygen atoms in total. The van der Waals surface area contributed by atoms with Crippen molar-refractivity contribution in [2.45, 2.75) is 13.5 Å². The van der Waals surface area contributed by atoms with Gasteiger partial charge in [0.1, 0.15) is 5.52 Å². The Kier molecular flexibility index (Phi) is 1.35. The Bertz CT molecular complexity index is 331. The Morgan fingerprint density at radius 1 is 1.55 bits per heavy atom. The highest BCUT2D eigenvalue weighted by Gasteiger charge is 1.96. The molecule has 0 radical (unpaired) electrons. The van der Waals surface area contributed by atoms with Crippen molar-refractivity contribution in [3.8, 4) is 0 Å². The van der Waals surface area contributed by atoms with Gasteiger partial charge in [0.25, 0.3) is 0 Å². The molecule has 0 bridgehead atoms. The van der Waals surface area contributed by atoms with Crippen molar-refractivity contribution in [2.24, 2.45) is 0 Å². The minimum absolute atomic E-state index is 0.911. The molecule has 0 unspecified atom stereocenters. The zero-order valence-electron chi connectivity index (χ0n) is 6.36. The van der Waals surface area contributed by atoms with E-state index in [2.05, 4.69) is 17.0 Å². The van der Waals surface area contributed by atoms with E-state index >= 15 is 0 Å². The van der Waals surface area contributed by atoms with Gasteiger partial charge in [-0.3, -0.25) is 9.67 Å². The third-order valence-electron chi connectivity index (χ3n) is 1.68. The van der Waals surface area contributed by atoms with E-state index in [0.717, 1.165) is 17.4 Å². The first-order valence-corrected chi connectivity index (χ1v) is 3.67. The summed E-state index contributed by atoms with van der Waals surface area (Å²) in [6.07, 6.45) is 5.59. The molecule has 0 aliphatic carbocycles. The van der Waals surface area contributed by atoms with Gasteiger partial charge >= 0.3 is 0 Å². The summed E-state index contributed by atoms with van der Waals surface area (Å²) in [5.41, 5.74) is 0.967. The topological polar surface area (TPSA) is 30.7 Å². The number of hydrogen-bond acceptors (Lipinski definition) is 2. The predicted molar refractivity (Wildman–Crippen MR) is 43.2 cm³/mol. The van der Waals surface area contributed by atoms with Gasteiger partial charge in [0.15, 0.2) is 0 Å². The first kappa shape index (κ1) is 6.34. The zero-order chi connectivity index (χ0) is 7.68. The monoisotopic (exact) mass is 147 g/mol. The third kappa shape index (κ3) is 0.981. The fraction of sp³-hybridized carbons (Fsp3) is 0.250. The fourth-order valence-electron chi connectivity index (χ4n) is 1.08. The van der Waals surface area contributed by atoms with Crippen LogP contribution in [-0.4, -0.2) is 14.8 Å². The van der Waals surface area contributed by atoms with Crippen LogP contribution in [0.1, 0.15) is 6.92 Å². The second-order valence-electron chi connectivity index (χ2n) is 2.42. The molecule has 3 heteroatoms. The van der Waals surface area contributed by atoms with E-state index in [4.69, 9.17) is 0 Å². The minimum Gasteiger partial charge on any atom is -0.272 e. The van der Waals surface area contributed by atoms with Crippen LogP contribution in [0.2, 0.25) is 0 Å². The molecule has 0 aliphatic rings. The Morgan fingerprint density at radius 2 is 2.45 bits per heavy atom. The molecule has 56 valence electrons. The van der Waals surface area contributed by atoms with Crippen LogP contribution >= 0.6 is 0 Å². The molecule has 0 saturated heterocycles. The van der Waals surface area contributed by atoms with Crippen LogP contribution in [0.25, 0.3) is 10.9 Å². The van der Waals surface area contributed by atoms with Crippen LogP contribution in [-0.2, 0) is 6.54 Å². The molecule has 11 heavy (non-hydrogen) atoms. The van der Waals surface area contributed by atoms with E-state index in [0.29, 0.717) is 0 Å². The SMILES string of the molecule is CCn1cc2ccncc2n1. The van der Waals surface area contributed by atoms with Crippen LogP contribution in [0.3, 0.4) is 0 Å². The average Bonchev–Trinajstić information content (AvgIpc) is 2.46. The largest absolute Gasteiger partial charge is 0.272 e. The summed E-state index contributed by atoms with van der Waals surface area (Å²) in [4.78, 5) is 3.98. The van der Waals surface area contributed by atoms with Gasteiger partial charge in [0.2, 0.25) is 0 Å². The summed E-state index contributed by atoms with van der Waals surface area (Å²) in [7, 11) is 0. The molecule has 2 heterocycles. The number of fused-ring (bicyclic) bond motifs is 1. The predicted octanol–water partition coefficient (Wildman–Crippen LogP) is 1.45. The Morgan fingerprint density at radius 3 is 3.18 bits per heavy atom. The van der Waals surface area contributed by atoms with Crippen LogP contribution < -0.4 is 0 Å². The van der Waals surface area contributed by atoms with E-state index < -0.39 is 0 Å². The van der Waals surface area contributed by atoms with Gasteiger partial charge in [-0.05, 0) is 13.0 Å². The van der Waals surface area contributed by atoms with Crippen LogP contribution in [0.15, 0.2) is 24.7 Å². The molecule has 0 N–H and O–H groups in total. The Balaban J connectivity index is 2.69. The molecule has 0 spiro atoms. The van der Waals surface area contributed by atoms with E-state index in [-0.39, 0.29) is 0 Å². The molecule has 2 rings (SSSR count). The van der Waals surface area contributed by atoms with Gasteiger partial charge in [-0.15, -0.1) is 0 Å². The molecule has 2 aromatic rings. The van der Waals surface area contributed by atoms with Gasteiger partial charge in [0, 0.05) is 24.3 Å². The minimum atomic E-state index is 0.911. The Labute approximate surface area is 64.7 Å². The van der Waals surface area contributed by atoms with Crippen molar-refractivity contribution < 1.29 is 0 Å². The second-order valence-corrected chi connectivity index (χ2v) is 2.42. The van der Waals surface area contributed by atoms with E-state index in [1.54, 1.807) is 12.4 Å². The normalized spacial score (nSPS) is 10.6. The molecular weight excluding hydrogens is 138 g/mol. The molecule has 0 saturated carbocycles. The molecule has 0 fully saturated rings. The average molecular weight is 147 g/mol. The smallest absolute Gasteiger partial charge is 0.111 e.